The molecule has 2 heterocycles. The Morgan fingerprint density at radius 2 is 1.67 bits per heavy atom. The quantitative estimate of drug-likeness (QED) is 0.366. The molecule has 0 aliphatic carbocycles. The van der Waals surface area contributed by atoms with Crippen LogP contribution in [-0.4, -0.2) is 29.2 Å². The first-order valence-corrected chi connectivity index (χ1v) is 7.17. The smallest absolute Gasteiger partial charge is 0.548 e. The molecule has 1 fully saturated rings. The summed E-state index contributed by atoms with van der Waals surface area (Å²) in [4.78, 5) is 36.5. The van der Waals surface area contributed by atoms with E-state index in [1.807, 2.05) is 0 Å². The van der Waals surface area contributed by atoms with Crippen molar-refractivity contribution in [2.45, 2.75) is 34.6 Å². The number of furan rings is 1. The summed E-state index contributed by atoms with van der Waals surface area (Å²) < 4.78 is 5.48. The third kappa shape index (κ3) is 3.55. The van der Waals surface area contributed by atoms with Gasteiger partial charge in [0.15, 0.2) is 0 Å². The zero-order valence-corrected chi connectivity index (χ0v) is 16.8. The molecule has 0 radical (unpaired) electrons. The molecule has 0 aromatic carbocycles. The van der Waals surface area contributed by atoms with Crippen LogP contribution in [0.3, 0.4) is 0 Å². The van der Waals surface area contributed by atoms with Crippen LogP contribution in [0.2, 0.25) is 0 Å². The molecule has 2 rings (SSSR count). The topological polar surface area (TPSA) is 90.6 Å². The van der Waals surface area contributed by atoms with Crippen LogP contribution in [0.5, 0.6) is 0 Å². The number of likely N-dealkylation sites (tertiary alicyclic amines) is 1. The zero-order chi connectivity index (χ0) is 17.5. The molecule has 1 aromatic heterocycles. The number of amides is 2. The fourth-order valence-electron chi connectivity index (χ4n) is 2.80. The van der Waals surface area contributed by atoms with E-state index < -0.39 is 24.3 Å². The van der Waals surface area contributed by atoms with Crippen molar-refractivity contribution in [2.24, 2.45) is 0 Å². The maximum Gasteiger partial charge on any atom is 1.00 e. The van der Waals surface area contributed by atoms with Gasteiger partial charge in [0.1, 0.15) is 11.5 Å². The van der Waals surface area contributed by atoms with Crippen LogP contribution in [-0.2, 0) is 14.4 Å². The number of carbonyl (C=O) groups is 3. The van der Waals surface area contributed by atoms with E-state index in [1.165, 1.54) is 0 Å². The van der Waals surface area contributed by atoms with Gasteiger partial charge in [0.2, 0.25) is 0 Å². The maximum absolute atomic E-state index is 12.6. The predicted molar refractivity (Wildman–Crippen MR) is 80.9 cm³/mol. The Kier molecular flexibility index (Phi) is 6.38. The van der Waals surface area contributed by atoms with Gasteiger partial charge in [-0.1, -0.05) is 5.57 Å². The fourth-order valence-corrected chi connectivity index (χ4v) is 2.80. The van der Waals surface area contributed by atoms with Gasteiger partial charge in [-0.25, -0.2) is 0 Å². The predicted octanol–water partition coefficient (Wildman–Crippen LogP) is -1.87. The Labute approximate surface area is 162 Å². The summed E-state index contributed by atoms with van der Waals surface area (Å²) in [6, 6.07) is 1.79. The first-order chi connectivity index (χ1) is 10.6. The first kappa shape index (κ1) is 20.4. The number of rotatable bonds is 3. The number of aryl methyl sites for hydroxylation is 2. The second-order valence-corrected chi connectivity index (χ2v) is 5.77. The number of carbonyl (C=O) groups excluding carboxylic acids is 3. The molecule has 0 unspecified atom stereocenters. The summed E-state index contributed by atoms with van der Waals surface area (Å²) in [6.07, 6.45) is 0. The Bertz CT molecular complexity index is 781. The average Bonchev–Trinajstić information content (AvgIpc) is 2.88. The van der Waals surface area contributed by atoms with Gasteiger partial charge in [-0.15, -0.1) is 0 Å². The molecular weight excluding hydrogens is 321 g/mol. The third-order valence-electron chi connectivity index (χ3n) is 3.78. The summed E-state index contributed by atoms with van der Waals surface area (Å²) >= 11 is 0. The molecule has 24 heavy (non-hydrogen) atoms. The molecule has 1 saturated heterocycles. The van der Waals surface area contributed by atoms with Gasteiger partial charge in [0, 0.05) is 5.56 Å². The van der Waals surface area contributed by atoms with E-state index >= 15 is 0 Å². The molecule has 2 amide bonds. The van der Waals surface area contributed by atoms with Crippen molar-refractivity contribution in [2.75, 3.05) is 6.54 Å². The summed E-state index contributed by atoms with van der Waals surface area (Å²) in [7, 11) is 0. The number of imide groups is 1. The number of aliphatic carboxylic acids is 1. The summed E-state index contributed by atoms with van der Waals surface area (Å²) in [6.45, 7) is 7.96. The number of hydrogen-bond acceptors (Lipinski definition) is 5. The van der Waals surface area contributed by atoms with Crippen LogP contribution in [0.15, 0.2) is 27.2 Å². The van der Waals surface area contributed by atoms with Crippen LogP contribution in [0.4, 0.5) is 0 Å². The summed E-state index contributed by atoms with van der Waals surface area (Å²) in [5.41, 5.74) is 2.44. The summed E-state index contributed by atoms with van der Waals surface area (Å²) in [5.74, 6) is -1.37. The number of hydrogen-bond donors (Lipinski definition) is 0. The molecule has 122 valence electrons. The molecule has 1 aromatic rings. The minimum absolute atomic E-state index is 0. The van der Waals surface area contributed by atoms with Crippen LogP contribution >= 0.6 is 0 Å². The second-order valence-electron chi connectivity index (χ2n) is 5.77. The minimum Gasteiger partial charge on any atom is -0.548 e. The minimum atomic E-state index is -1.48. The molecule has 0 spiro atoms. The van der Waals surface area contributed by atoms with Crippen molar-refractivity contribution < 1.29 is 53.5 Å². The van der Waals surface area contributed by atoms with Gasteiger partial charge in [0.25, 0.3) is 11.8 Å². The van der Waals surface area contributed by atoms with Crippen molar-refractivity contribution in [1.82, 2.24) is 4.90 Å². The van der Waals surface area contributed by atoms with E-state index in [-0.39, 0.29) is 40.7 Å². The van der Waals surface area contributed by atoms with Gasteiger partial charge in [0.05, 0.1) is 23.7 Å². The molecule has 0 atom stereocenters. The number of allylic oxidation sites excluding steroid dienone is 2. The van der Waals surface area contributed by atoms with Gasteiger partial charge < -0.3 is 14.3 Å². The van der Waals surface area contributed by atoms with Crippen molar-refractivity contribution in [3.05, 3.63) is 39.9 Å². The van der Waals surface area contributed by atoms with Crippen molar-refractivity contribution in [1.29, 1.82) is 0 Å². The van der Waals surface area contributed by atoms with Crippen LogP contribution in [0.25, 0.3) is 5.57 Å². The van der Waals surface area contributed by atoms with E-state index in [1.54, 1.807) is 40.7 Å². The van der Waals surface area contributed by atoms with Crippen molar-refractivity contribution in [3.8, 4) is 0 Å². The molecule has 1 aliphatic rings. The van der Waals surface area contributed by atoms with Gasteiger partial charge in [-0.2, -0.15) is 0 Å². The molecule has 6 nitrogen and oxygen atoms in total. The van der Waals surface area contributed by atoms with Crippen molar-refractivity contribution >= 4 is 23.4 Å². The SMILES string of the molecule is CC(C)=C1C(=O)N(CC(=O)[O-])C(=O)/C1=C(/C)c1cc(C)oc1C.[Na+]. The maximum atomic E-state index is 12.6. The molecule has 0 N–H and O–H groups in total. The standard InChI is InChI=1S/C17H19NO5.Na/c1-8(2)14-15(10(4)12-6-9(3)23-11(12)5)17(22)18(16(14)21)7-13(19)20;/h6H,7H2,1-5H3,(H,19,20);/q;+1/p-1/b15-10-;. The van der Waals surface area contributed by atoms with Gasteiger partial charge >= 0.3 is 29.6 Å². The summed E-state index contributed by atoms with van der Waals surface area (Å²) in [5, 5.41) is 10.8. The Balaban J connectivity index is 0.00000288. The third-order valence-corrected chi connectivity index (χ3v) is 3.78. The molecular formula is C17H18NNaO5. The van der Waals surface area contributed by atoms with Gasteiger partial charge in [-0.3, -0.25) is 14.5 Å². The van der Waals surface area contributed by atoms with Crippen molar-refractivity contribution in [3.63, 3.8) is 0 Å². The number of carboxylic acid groups (broad SMARTS) is 1. The molecule has 7 heteroatoms. The molecule has 0 saturated carbocycles. The zero-order valence-electron chi connectivity index (χ0n) is 14.8. The van der Waals surface area contributed by atoms with Gasteiger partial charge in [-0.05, 0) is 46.3 Å². The van der Waals surface area contributed by atoms with Crippen LogP contribution in [0, 0.1) is 13.8 Å². The average molecular weight is 339 g/mol. The van der Waals surface area contributed by atoms with Crippen LogP contribution in [0.1, 0.15) is 37.9 Å². The normalized spacial score (nSPS) is 16.4. The van der Waals surface area contributed by atoms with E-state index in [4.69, 9.17) is 4.42 Å². The monoisotopic (exact) mass is 339 g/mol. The Morgan fingerprint density at radius 1 is 1.12 bits per heavy atom. The molecule has 0 bridgehead atoms. The number of carboxylic acids is 1. The van der Waals surface area contributed by atoms with E-state index in [9.17, 15) is 19.5 Å². The Hall–Kier alpha value is -1.63. The molecule has 1 aliphatic heterocycles. The van der Waals surface area contributed by atoms with Crippen LogP contribution < -0.4 is 34.7 Å². The largest absolute Gasteiger partial charge is 1.00 e. The van der Waals surface area contributed by atoms with E-state index in [2.05, 4.69) is 0 Å². The second kappa shape index (κ2) is 7.51. The van der Waals surface area contributed by atoms with E-state index in [0.717, 1.165) is 5.56 Å². The number of nitrogens with zero attached hydrogens (tertiary/aromatic N) is 1. The van der Waals surface area contributed by atoms with E-state index in [0.29, 0.717) is 27.6 Å². The fraction of sp³-hybridized carbons (Fsp3) is 0.353. The first-order valence-electron chi connectivity index (χ1n) is 7.17. The Morgan fingerprint density at radius 3 is 2.08 bits per heavy atom.